The van der Waals surface area contributed by atoms with Crippen molar-refractivity contribution in [3.05, 3.63) is 0 Å². The van der Waals surface area contributed by atoms with Gasteiger partial charge in [-0.2, -0.15) is 0 Å². The summed E-state index contributed by atoms with van der Waals surface area (Å²) in [7, 11) is 3.10. The molecule has 0 spiro atoms. The number of likely N-dealkylation sites (N-methyl/N-ethyl adjacent to an activating group) is 1. The Hall–Kier alpha value is -0.550. The maximum atomic E-state index is 11.2. The summed E-state index contributed by atoms with van der Waals surface area (Å²) in [5.74, 6) is -1.20. The van der Waals surface area contributed by atoms with E-state index in [1.807, 2.05) is 0 Å². The van der Waals surface area contributed by atoms with Crippen molar-refractivity contribution < 1.29 is 28.6 Å². The normalized spacial score (nSPS) is 13.7. The number of rotatable bonds is 6. The first-order chi connectivity index (χ1) is 6.22. The lowest BCUT2D eigenvalue weighted by Crippen LogP contribution is -2.39. The molecule has 0 rings (SSSR count). The quantitative estimate of drug-likeness (QED) is 0.475. The van der Waals surface area contributed by atoms with Crippen molar-refractivity contribution in [2.24, 2.45) is 0 Å². The molecule has 0 heterocycles. The maximum Gasteiger partial charge on any atom is 0.330 e. The fourth-order valence-electron chi connectivity index (χ4n) is 0.655. The third-order valence-corrected chi connectivity index (χ3v) is 2.08. The van der Waals surface area contributed by atoms with Gasteiger partial charge in [-0.3, -0.25) is 4.79 Å². The summed E-state index contributed by atoms with van der Waals surface area (Å²) in [6.07, 6.45) is 0. The van der Waals surface area contributed by atoms with E-state index in [0.717, 1.165) is 0 Å². The number of carboxylic acid groups (broad SMARTS) is 1. The van der Waals surface area contributed by atoms with Crippen LogP contribution in [0.3, 0.4) is 0 Å². The third-order valence-electron chi connectivity index (χ3n) is 1.13. The number of hydrogen-bond donors (Lipinski definition) is 2. The van der Waals surface area contributed by atoms with E-state index < -0.39 is 26.5 Å². The van der Waals surface area contributed by atoms with Crippen molar-refractivity contribution >= 4 is 19.9 Å². The Morgan fingerprint density at radius 2 is 1.86 bits per heavy atom. The molecule has 0 bridgehead atoms. The number of nitrogens with zero attached hydrogens (tertiary/aromatic N) is 1. The summed E-state index contributed by atoms with van der Waals surface area (Å²) in [5.41, 5.74) is -0.464. The van der Waals surface area contributed by atoms with Crippen molar-refractivity contribution in [2.45, 2.75) is 0 Å². The number of carboxylic acids is 1. The third kappa shape index (κ3) is 6.91. The molecule has 0 fully saturated rings. The summed E-state index contributed by atoms with van der Waals surface area (Å²) in [6, 6.07) is 0. The summed E-state index contributed by atoms with van der Waals surface area (Å²) in [6.45, 7) is -0.535. The first kappa shape index (κ1) is 13.4. The average Bonchev–Trinajstić information content (AvgIpc) is 1.96. The standard InChI is InChI=1S/C7H14NO5P/c1-8(2,3)4-7(11)14(12)13-5-6(9)10/h12H,4-5H2,1-3H3/p+1. The van der Waals surface area contributed by atoms with Crippen molar-refractivity contribution in [1.82, 2.24) is 0 Å². The lowest BCUT2D eigenvalue weighted by molar-refractivity contribution is -0.861. The van der Waals surface area contributed by atoms with E-state index in [-0.39, 0.29) is 6.54 Å². The molecule has 0 aliphatic rings. The fourth-order valence-corrected chi connectivity index (χ4v) is 1.58. The average molecular weight is 224 g/mol. The first-order valence-electron chi connectivity index (χ1n) is 3.89. The summed E-state index contributed by atoms with van der Waals surface area (Å²) in [4.78, 5) is 30.4. The summed E-state index contributed by atoms with van der Waals surface area (Å²) in [5, 5.41) is 8.24. The highest BCUT2D eigenvalue weighted by atomic mass is 31.2. The van der Waals surface area contributed by atoms with Gasteiger partial charge in [-0.05, 0) is 0 Å². The minimum Gasteiger partial charge on any atom is -0.480 e. The largest absolute Gasteiger partial charge is 0.480 e. The molecule has 0 aromatic heterocycles. The smallest absolute Gasteiger partial charge is 0.330 e. The molecule has 14 heavy (non-hydrogen) atoms. The van der Waals surface area contributed by atoms with Gasteiger partial charge in [0, 0.05) is 0 Å². The van der Waals surface area contributed by atoms with E-state index >= 15 is 0 Å². The van der Waals surface area contributed by atoms with Crippen LogP contribution in [0, 0.1) is 0 Å². The van der Waals surface area contributed by atoms with Crippen LogP contribution in [0.4, 0.5) is 0 Å². The van der Waals surface area contributed by atoms with Crippen molar-refractivity contribution in [1.29, 1.82) is 0 Å². The van der Waals surface area contributed by atoms with Crippen LogP contribution in [0.5, 0.6) is 0 Å². The highest BCUT2D eigenvalue weighted by molar-refractivity contribution is 7.65. The van der Waals surface area contributed by atoms with E-state index in [0.29, 0.717) is 4.48 Å². The van der Waals surface area contributed by atoms with E-state index in [1.54, 1.807) is 21.1 Å². The first-order valence-corrected chi connectivity index (χ1v) is 5.10. The van der Waals surface area contributed by atoms with E-state index in [4.69, 9.17) is 10.00 Å². The van der Waals surface area contributed by atoms with Crippen LogP contribution in [0.2, 0.25) is 0 Å². The monoisotopic (exact) mass is 224 g/mol. The molecule has 0 radical (unpaired) electrons. The lowest BCUT2D eigenvalue weighted by atomic mass is 10.5. The Balaban J connectivity index is 3.94. The van der Waals surface area contributed by atoms with Crippen molar-refractivity contribution in [2.75, 3.05) is 34.3 Å². The maximum absolute atomic E-state index is 11.2. The minimum absolute atomic E-state index is 0.113. The second-order valence-corrected chi connectivity index (χ2v) is 5.09. The van der Waals surface area contributed by atoms with Gasteiger partial charge in [0.2, 0.25) is 8.38 Å². The second kappa shape index (κ2) is 5.36. The zero-order chi connectivity index (χ0) is 11.4. The summed E-state index contributed by atoms with van der Waals surface area (Å²) >= 11 is 0. The second-order valence-electron chi connectivity index (χ2n) is 3.78. The fraction of sp³-hybridized carbons (Fsp3) is 0.714. The number of hydrogen-bond acceptors (Lipinski definition) is 4. The van der Waals surface area contributed by atoms with E-state index in [9.17, 15) is 9.59 Å². The Morgan fingerprint density at radius 1 is 1.36 bits per heavy atom. The van der Waals surface area contributed by atoms with Crippen LogP contribution in [0.1, 0.15) is 0 Å². The molecule has 7 heteroatoms. The number of aliphatic carboxylic acids is 1. The molecule has 0 saturated carbocycles. The molecular weight excluding hydrogens is 209 g/mol. The minimum atomic E-state index is -2.27. The molecule has 0 saturated heterocycles. The van der Waals surface area contributed by atoms with E-state index in [1.165, 1.54) is 0 Å². The molecule has 6 nitrogen and oxygen atoms in total. The topological polar surface area (TPSA) is 83.8 Å². The lowest BCUT2D eigenvalue weighted by Gasteiger charge is -2.23. The Bertz CT molecular complexity index is 225. The van der Waals surface area contributed by atoms with Gasteiger partial charge in [0.15, 0.2) is 6.61 Å². The van der Waals surface area contributed by atoms with Crippen LogP contribution < -0.4 is 0 Å². The summed E-state index contributed by atoms with van der Waals surface area (Å²) < 4.78 is 4.84. The van der Waals surface area contributed by atoms with Crippen LogP contribution in [0.15, 0.2) is 0 Å². The Labute approximate surface area is 83.6 Å². The zero-order valence-corrected chi connectivity index (χ0v) is 9.32. The van der Waals surface area contributed by atoms with Gasteiger partial charge in [-0.1, -0.05) is 0 Å². The van der Waals surface area contributed by atoms with Crippen LogP contribution in [-0.4, -0.2) is 60.3 Å². The molecule has 0 aromatic carbocycles. The molecule has 1 atom stereocenters. The molecule has 82 valence electrons. The van der Waals surface area contributed by atoms with Gasteiger partial charge in [0.25, 0.3) is 5.52 Å². The predicted octanol–water partition coefficient (Wildman–Crippen LogP) is -0.375. The molecular formula is C7H15NO5P+. The zero-order valence-electron chi connectivity index (χ0n) is 8.43. The van der Waals surface area contributed by atoms with Crippen molar-refractivity contribution in [3.63, 3.8) is 0 Å². The van der Waals surface area contributed by atoms with Gasteiger partial charge in [0.05, 0.1) is 21.1 Å². The van der Waals surface area contributed by atoms with Gasteiger partial charge in [-0.15, -0.1) is 0 Å². The van der Waals surface area contributed by atoms with Crippen LogP contribution in [-0.2, 0) is 14.1 Å². The van der Waals surface area contributed by atoms with Gasteiger partial charge >= 0.3 is 5.97 Å². The Kier molecular flexibility index (Phi) is 5.15. The number of quaternary nitrogens is 1. The molecule has 0 amide bonds. The van der Waals surface area contributed by atoms with Gasteiger partial charge in [0.1, 0.15) is 6.54 Å². The van der Waals surface area contributed by atoms with E-state index in [2.05, 4.69) is 4.52 Å². The van der Waals surface area contributed by atoms with Gasteiger partial charge < -0.3 is 19.0 Å². The molecule has 0 aliphatic carbocycles. The highest BCUT2D eigenvalue weighted by Gasteiger charge is 2.24. The van der Waals surface area contributed by atoms with Gasteiger partial charge in [-0.25, -0.2) is 4.79 Å². The highest BCUT2D eigenvalue weighted by Crippen LogP contribution is 2.32. The van der Waals surface area contributed by atoms with Crippen molar-refractivity contribution in [3.8, 4) is 0 Å². The van der Waals surface area contributed by atoms with Crippen LogP contribution in [0.25, 0.3) is 0 Å². The predicted molar refractivity (Wildman–Crippen MR) is 50.6 cm³/mol. The molecule has 2 N–H and O–H groups in total. The Morgan fingerprint density at radius 3 is 2.21 bits per heavy atom. The molecule has 0 aromatic rings. The number of carbonyl (C=O) groups excluding carboxylic acids is 1. The molecule has 0 aliphatic heterocycles. The number of carbonyl (C=O) groups is 2. The van der Waals surface area contributed by atoms with Crippen LogP contribution >= 0.6 is 8.38 Å². The molecule has 1 unspecified atom stereocenters. The SMILES string of the molecule is C[N+](C)(C)CC(=O)P(O)OCC(=O)O.